The quantitative estimate of drug-likeness (QED) is 0.848. The summed E-state index contributed by atoms with van der Waals surface area (Å²) in [6.07, 6.45) is 0. The van der Waals surface area contributed by atoms with Crippen LogP contribution in [0.15, 0.2) is 18.2 Å². The van der Waals surface area contributed by atoms with Gasteiger partial charge in [-0.2, -0.15) is 0 Å². The molecular weight excluding hydrogens is 236 g/mol. The summed E-state index contributed by atoms with van der Waals surface area (Å²) < 4.78 is 0. The van der Waals surface area contributed by atoms with E-state index in [0.717, 1.165) is 17.8 Å². The maximum atomic E-state index is 11.9. The first-order valence-corrected chi connectivity index (χ1v) is 6.20. The molecule has 17 heavy (non-hydrogen) atoms. The molecule has 2 N–H and O–H groups in total. The maximum absolute atomic E-state index is 11.9. The average molecular weight is 255 g/mol. The minimum Gasteiger partial charge on any atom is -0.326 e. The lowest BCUT2D eigenvalue weighted by molar-refractivity contribution is -0.119. The Morgan fingerprint density at radius 3 is 2.82 bits per heavy atom. The summed E-state index contributed by atoms with van der Waals surface area (Å²) in [5.41, 5.74) is 1.80. The van der Waals surface area contributed by atoms with Gasteiger partial charge in [-0.25, -0.2) is 0 Å². The van der Waals surface area contributed by atoms with Crippen molar-refractivity contribution in [2.45, 2.75) is 20.8 Å². The van der Waals surface area contributed by atoms with E-state index in [0.29, 0.717) is 11.6 Å². The van der Waals surface area contributed by atoms with Gasteiger partial charge >= 0.3 is 0 Å². The zero-order chi connectivity index (χ0) is 12.8. The van der Waals surface area contributed by atoms with Gasteiger partial charge in [0.1, 0.15) is 0 Å². The maximum Gasteiger partial charge on any atom is 0.228 e. The number of hydrogen-bond acceptors (Lipinski definition) is 2. The van der Waals surface area contributed by atoms with Crippen LogP contribution in [0.1, 0.15) is 19.4 Å². The number of amides is 1. The average Bonchev–Trinajstić information content (AvgIpc) is 2.30. The second-order valence-electron chi connectivity index (χ2n) is 4.16. The molecule has 4 heteroatoms. The highest BCUT2D eigenvalue weighted by Crippen LogP contribution is 2.20. The molecule has 0 radical (unpaired) electrons. The highest BCUT2D eigenvalue weighted by atomic mass is 35.5. The molecule has 1 atom stereocenters. The van der Waals surface area contributed by atoms with Gasteiger partial charge in [0.2, 0.25) is 5.91 Å². The normalized spacial score (nSPS) is 12.2. The number of halogens is 1. The fraction of sp³-hybridized carbons (Fsp3) is 0.462. The lowest BCUT2D eigenvalue weighted by atomic mass is 10.1. The third-order valence-electron chi connectivity index (χ3n) is 2.61. The summed E-state index contributed by atoms with van der Waals surface area (Å²) in [6.45, 7) is 7.42. The van der Waals surface area contributed by atoms with Crippen molar-refractivity contribution in [3.05, 3.63) is 28.8 Å². The lowest BCUT2D eigenvalue weighted by Gasteiger charge is -2.14. The number of benzene rings is 1. The molecule has 1 aromatic rings. The van der Waals surface area contributed by atoms with Crippen LogP contribution in [0, 0.1) is 12.8 Å². The van der Waals surface area contributed by atoms with Gasteiger partial charge in [0, 0.05) is 23.2 Å². The number of anilines is 1. The molecule has 0 heterocycles. The number of nitrogens with one attached hydrogen (secondary N) is 2. The van der Waals surface area contributed by atoms with Gasteiger partial charge in [-0.15, -0.1) is 0 Å². The summed E-state index contributed by atoms with van der Waals surface area (Å²) in [4.78, 5) is 11.9. The van der Waals surface area contributed by atoms with Crippen molar-refractivity contribution in [2.75, 3.05) is 18.4 Å². The van der Waals surface area contributed by atoms with Crippen molar-refractivity contribution < 1.29 is 4.79 Å². The second-order valence-corrected chi connectivity index (χ2v) is 4.59. The van der Waals surface area contributed by atoms with Gasteiger partial charge in [0.25, 0.3) is 0 Å². The fourth-order valence-corrected chi connectivity index (χ4v) is 1.61. The Morgan fingerprint density at radius 1 is 1.47 bits per heavy atom. The molecule has 0 aliphatic carbocycles. The molecule has 0 aliphatic heterocycles. The molecule has 1 unspecified atom stereocenters. The zero-order valence-electron chi connectivity index (χ0n) is 10.5. The summed E-state index contributed by atoms with van der Waals surface area (Å²) >= 11 is 5.90. The highest BCUT2D eigenvalue weighted by molar-refractivity contribution is 6.31. The fourth-order valence-electron chi connectivity index (χ4n) is 1.44. The molecule has 1 aromatic carbocycles. The van der Waals surface area contributed by atoms with Crippen LogP contribution in [0.5, 0.6) is 0 Å². The van der Waals surface area contributed by atoms with Crippen LogP contribution in [0.4, 0.5) is 5.69 Å². The Kier molecular flexibility index (Phi) is 5.45. The molecule has 94 valence electrons. The largest absolute Gasteiger partial charge is 0.326 e. The Balaban J connectivity index is 2.64. The summed E-state index contributed by atoms with van der Waals surface area (Å²) in [5.74, 6) is -0.0513. The van der Waals surface area contributed by atoms with Crippen LogP contribution < -0.4 is 10.6 Å². The Labute approximate surface area is 108 Å². The molecule has 3 nitrogen and oxygen atoms in total. The van der Waals surface area contributed by atoms with Gasteiger partial charge in [0.15, 0.2) is 0 Å². The molecule has 0 saturated carbocycles. The number of hydrogen-bond donors (Lipinski definition) is 2. The van der Waals surface area contributed by atoms with Crippen molar-refractivity contribution in [1.82, 2.24) is 5.32 Å². The predicted molar refractivity (Wildman–Crippen MR) is 72.5 cm³/mol. The predicted octanol–water partition coefficient (Wildman–Crippen LogP) is 2.83. The molecule has 0 aromatic heterocycles. The van der Waals surface area contributed by atoms with Gasteiger partial charge in [0.05, 0.1) is 0 Å². The van der Waals surface area contributed by atoms with Gasteiger partial charge in [-0.1, -0.05) is 31.5 Å². The standard InChI is InChI=1S/C13H19ClN2O/c1-4-15-8-10(3)13(17)16-12-7-11(14)6-5-9(12)2/h5-7,10,15H,4,8H2,1-3H3,(H,16,17). The van der Waals surface area contributed by atoms with Crippen molar-refractivity contribution in [3.8, 4) is 0 Å². The molecule has 0 aliphatic rings. The summed E-state index contributed by atoms with van der Waals surface area (Å²) in [7, 11) is 0. The van der Waals surface area contributed by atoms with Crippen molar-refractivity contribution >= 4 is 23.2 Å². The first-order chi connectivity index (χ1) is 8.04. The monoisotopic (exact) mass is 254 g/mol. The zero-order valence-corrected chi connectivity index (χ0v) is 11.3. The van der Waals surface area contributed by atoms with E-state index in [4.69, 9.17) is 11.6 Å². The minimum atomic E-state index is -0.0617. The van der Waals surface area contributed by atoms with Crippen molar-refractivity contribution in [1.29, 1.82) is 0 Å². The Bertz CT molecular complexity index is 393. The lowest BCUT2D eigenvalue weighted by Crippen LogP contribution is -2.30. The molecule has 1 rings (SSSR count). The summed E-state index contributed by atoms with van der Waals surface area (Å²) in [6, 6.07) is 5.48. The molecule has 0 fully saturated rings. The minimum absolute atomic E-state index is 0.0105. The molecule has 0 bridgehead atoms. The van der Waals surface area contributed by atoms with E-state index < -0.39 is 0 Å². The van der Waals surface area contributed by atoms with Crippen LogP contribution in [0.2, 0.25) is 5.02 Å². The van der Waals surface area contributed by atoms with E-state index in [-0.39, 0.29) is 11.8 Å². The second kappa shape index (κ2) is 6.62. The molecule has 1 amide bonds. The number of carbonyl (C=O) groups excluding carboxylic acids is 1. The van der Waals surface area contributed by atoms with E-state index in [2.05, 4.69) is 10.6 Å². The summed E-state index contributed by atoms with van der Waals surface area (Å²) in [5, 5.41) is 6.68. The molecule has 0 spiro atoms. The Morgan fingerprint density at radius 2 is 2.18 bits per heavy atom. The van der Waals surface area contributed by atoms with E-state index in [1.165, 1.54) is 0 Å². The van der Waals surface area contributed by atoms with Crippen LogP contribution >= 0.6 is 11.6 Å². The number of aryl methyl sites for hydroxylation is 1. The number of rotatable bonds is 5. The van der Waals surface area contributed by atoms with Crippen molar-refractivity contribution in [2.24, 2.45) is 5.92 Å². The van der Waals surface area contributed by atoms with E-state index in [1.54, 1.807) is 6.07 Å². The van der Waals surface area contributed by atoms with Gasteiger partial charge < -0.3 is 10.6 Å². The third-order valence-corrected chi connectivity index (χ3v) is 2.84. The highest BCUT2D eigenvalue weighted by Gasteiger charge is 2.13. The molecule has 0 saturated heterocycles. The van der Waals surface area contributed by atoms with Crippen LogP contribution in [-0.4, -0.2) is 19.0 Å². The van der Waals surface area contributed by atoms with E-state index in [9.17, 15) is 4.79 Å². The number of carbonyl (C=O) groups is 1. The SMILES string of the molecule is CCNCC(C)C(=O)Nc1cc(Cl)ccc1C. The van der Waals surface area contributed by atoms with Crippen molar-refractivity contribution in [3.63, 3.8) is 0 Å². The van der Waals surface area contributed by atoms with Gasteiger partial charge in [-0.3, -0.25) is 4.79 Å². The van der Waals surface area contributed by atoms with E-state index in [1.807, 2.05) is 32.9 Å². The first-order valence-electron chi connectivity index (χ1n) is 5.82. The third kappa shape index (κ3) is 4.36. The van der Waals surface area contributed by atoms with Crippen LogP contribution in [-0.2, 0) is 4.79 Å². The van der Waals surface area contributed by atoms with Crippen LogP contribution in [0.25, 0.3) is 0 Å². The topological polar surface area (TPSA) is 41.1 Å². The smallest absolute Gasteiger partial charge is 0.228 e. The van der Waals surface area contributed by atoms with E-state index >= 15 is 0 Å². The molecular formula is C13H19ClN2O. The first kappa shape index (κ1) is 14.0. The van der Waals surface area contributed by atoms with Crippen LogP contribution in [0.3, 0.4) is 0 Å². The Hall–Kier alpha value is -1.06. The van der Waals surface area contributed by atoms with Gasteiger partial charge in [-0.05, 0) is 31.2 Å².